The minimum absolute atomic E-state index is 0.192. The van der Waals surface area contributed by atoms with Gasteiger partial charge in [-0.05, 0) is 48.9 Å². The maximum atomic E-state index is 13.0. The summed E-state index contributed by atoms with van der Waals surface area (Å²) < 4.78 is 14.7. The lowest BCUT2D eigenvalue weighted by atomic mass is 10.2. The molecule has 1 aromatic carbocycles. The molecule has 0 aliphatic heterocycles. The molecule has 0 atom stereocenters. The largest absolute Gasteiger partial charge is 0.350 e. The first-order chi connectivity index (χ1) is 16.0. The summed E-state index contributed by atoms with van der Waals surface area (Å²) in [5.41, 5.74) is 2.60. The average molecular weight is 465 g/mol. The van der Waals surface area contributed by atoms with Crippen LogP contribution in [-0.4, -0.2) is 38.1 Å². The van der Waals surface area contributed by atoms with Crippen LogP contribution in [0.5, 0.6) is 0 Å². The van der Waals surface area contributed by atoms with Crippen LogP contribution in [0.4, 0.5) is 4.39 Å². The third kappa shape index (κ3) is 5.66. The number of carbonyl (C=O) groups is 2. The molecule has 0 spiro atoms. The van der Waals surface area contributed by atoms with E-state index in [-0.39, 0.29) is 17.6 Å². The number of hydrogen-bond acceptors (Lipinski definition) is 6. The fourth-order valence-corrected chi connectivity index (χ4v) is 4.02. The van der Waals surface area contributed by atoms with E-state index in [2.05, 4.69) is 25.7 Å². The fraction of sp³-hybridized carbons (Fsp3) is 0.174. The Bertz CT molecular complexity index is 1250. The Morgan fingerprint density at radius 1 is 1.09 bits per heavy atom. The van der Waals surface area contributed by atoms with Crippen LogP contribution in [-0.2, 0) is 13.1 Å². The fourth-order valence-electron chi connectivity index (χ4n) is 3.07. The lowest BCUT2D eigenvalue weighted by Gasteiger charge is -2.05. The molecule has 33 heavy (non-hydrogen) atoms. The molecule has 3 heterocycles. The maximum Gasteiger partial charge on any atom is 0.263 e. The van der Waals surface area contributed by atoms with Crippen LogP contribution in [0.15, 0.2) is 61.1 Å². The van der Waals surface area contributed by atoms with Crippen LogP contribution in [0.1, 0.15) is 31.3 Å². The van der Waals surface area contributed by atoms with Crippen LogP contribution >= 0.6 is 11.3 Å². The van der Waals surface area contributed by atoms with Crippen molar-refractivity contribution in [2.75, 3.05) is 6.54 Å². The highest BCUT2D eigenvalue weighted by molar-refractivity contribution is 7.17. The Hall–Kier alpha value is -3.92. The maximum absolute atomic E-state index is 13.0. The first-order valence-corrected chi connectivity index (χ1v) is 11.0. The first-order valence-electron chi connectivity index (χ1n) is 10.2. The van der Waals surface area contributed by atoms with Gasteiger partial charge in [0.05, 0.1) is 12.2 Å². The molecule has 0 fully saturated rings. The van der Waals surface area contributed by atoms with E-state index in [4.69, 9.17) is 0 Å². The molecule has 2 amide bonds. The summed E-state index contributed by atoms with van der Waals surface area (Å²) in [5.74, 6) is -0.856. The van der Waals surface area contributed by atoms with Crippen LogP contribution in [0.3, 0.4) is 0 Å². The van der Waals surface area contributed by atoms with Crippen molar-refractivity contribution in [2.24, 2.45) is 0 Å². The normalized spacial score (nSPS) is 10.7. The highest BCUT2D eigenvalue weighted by Crippen LogP contribution is 2.26. The molecule has 8 nitrogen and oxygen atoms in total. The number of pyridine rings is 1. The van der Waals surface area contributed by atoms with E-state index < -0.39 is 0 Å². The van der Waals surface area contributed by atoms with Gasteiger partial charge in [-0.1, -0.05) is 6.07 Å². The number of thiazole rings is 1. The quantitative estimate of drug-likeness (QED) is 0.417. The van der Waals surface area contributed by atoms with Gasteiger partial charge in [-0.2, -0.15) is 5.10 Å². The molecule has 0 saturated heterocycles. The van der Waals surface area contributed by atoms with Crippen LogP contribution in [0.25, 0.3) is 10.7 Å². The number of carbonyl (C=O) groups excluding carboxylic acids is 2. The van der Waals surface area contributed by atoms with E-state index in [9.17, 15) is 14.0 Å². The SMILES string of the molecule is Cc1nc(-c2ccn(CCNC(=O)c3ccc(F)cc3)n2)sc1C(=O)NCc1cccnc1. The number of nitrogens with zero attached hydrogens (tertiary/aromatic N) is 4. The van der Waals surface area contributed by atoms with E-state index in [0.29, 0.717) is 46.5 Å². The summed E-state index contributed by atoms with van der Waals surface area (Å²) in [6.45, 7) is 2.99. The van der Waals surface area contributed by atoms with E-state index in [0.717, 1.165) is 5.56 Å². The van der Waals surface area contributed by atoms with Crippen LogP contribution in [0.2, 0.25) is 0 Å². The summed E-state index contributed by atoms with van der Waals surface area (Å²) in [6.07, 6.45) is 5.18. The monoisotopic (exact) mass is 464 g/mol. The zero-order valence-corrected chi connectivity index (χ0v) is 18.6. The van der Waals surface area contributed by atoms with Gasteiger partial charge in [0.1, 0.15) is 21.4 Å². The predicted molar refractivity (Wildman–Crippen MR) is 122 cm³/mol. The molecule has 4 aromatic rings. The van der Waals surface area contributed by atoms with Gasteiger partial charge in [0.25, 0.3) is 11.8 Å². The Labute approximate surface area is 193 Å². The Morgan fingerprint density at radius 2 is 1.91 bits per heavy atom. The van der Waals surface area contributed by atoms with Gasteiger partial charge >= 0.3 is 0 Å². The topological polar surface area (TPSA) is 102 Å². The number of aromatic nitrogens is 4. The molecule has 10 heteroatoms. The van der Waals surface area contributed by atoms with Gasteiger partial charge in [0.2, 0.25) is 0 Å². The molecule has 2 N–H and O–H groups in total. The third-order valence-corrected chi connectivity index (χ3v) is 5.95. The second-order valence-corrected chi connectivity index (χ2v) is 8.20. The minimum Gasteiger partial charge on any atom is -0.350 e. The molecule has 168 valence electrons. The van der Waals surface area contributed by atoms with Gasteiger partial charge in [-0.15, -0.1) is 11.3 Å². The lowest BCUT2D eigenvalue weighted by Crippen LogP contribution is -2.27. The number of rotatable bonds is 8. The smallest absolute Gasteiger partial charge is 0.263 e. The molecule has 0 aliphatic carbocycles. The number of aryl methyl sites for hydroxylation is 1. The summed E-state index contributed by atoms with van der Waals surface area (Å²) in [6, 6.07) is 10.9. The Kier molecular flexibility index (Phi) is 6.84. The van der Waals surface area contributed by atoms with E-state index in [1.54, 1.807) is 30.2 Å². The minimum atomic E-state index is -0.387. The molecular formula is C23H21FN6O2S. The van der Waals surface area contributed by atoms with Crippen molar-refractivity contribution in [3.63, 3.8) is 0 Å². The third-order valence-electron chi connectivity index (χ3n) is 4.77. The van der Waals surface area contributed by atoms with Crippen molar-refractivity contribution >= 4 is 23.2 Å². The number of amides is 2. The lowest BCUT2D eigenvalue weighted by molar-refractivity contribution is 0.0944. The number of benzene rings is 1. The molecule has 0 aliphatic rings. The van der Waals surface area contributed by atoms with Gasteiger partial charge in [-0.25, -0.2) is 9.37 Å². The standard InChI is InChI=1S/C23H21FN6O2S/c1-15-20(22(32)27-14-16-3-2-9-25-13-16)33-23(28-15)19-8-11-30(29-19)12-10-26-21(31)17-4-6-18(24)7-5-17/h2-9,11,13H,10,12,14H2,1H3,(H,26,31)(H,27,32). The summed E-state index contributed by atoms with van der Waals surface area (Å²) in [7, 11) is 0. The van der Waals surface area contributed by atoms with Crippen molar-refractivity contribution in [1.82, 2.24) is 30.4 Å². The number of halogens is 1. The van der Waals surface area contributed by atoms with Gasteiger partial charge in [-0.3, -0.25) is 19.3 Å². The Balaban J connectivity index is 1.33. The van der Waals surface area contributed by atoms with Gasteiger partial charge in [0.15, 0.2) is 0 Å². The highest BCUT2D eigenvalue weighted by Gasteiger charge is 2.17. The summed E-state index contributed by atoms with van der Waals surface area (Å²) in [5, 5.41) is 10.8. The van der Waals surface area contributed by atoms with Crippen LogP contribution < -0.4 is 10.6 Å². The molecule has 0 bridgehead atoms. The zero-order valence-electron chi connectivity index (χ0n) is 17.8. The summed E-state index contributed by atoms with van der Waals surface area (Å²) in [4.78, 5) is 33.8. The van der Waals surface area contributed by atoms with Crippen molar-refractivity contribution in [3.05, 3.63) is 88.6 Å². The van der Waals surface area contributed by atoms with E-state index in [1.807, 2.05) is 18.2 Å². The molecular weight excluding hydrogens is 443 g/mol. The Morgan fingerprint density at radius 3 is 2.67 bits per heavy atom. The van der Waals surface area contributed by atoms with Gasteiger partial charge in [0, 0.05) is 37.2 Å². The van der Waals surface area contributed by atoms with Gasteiger partial charge < -0.3 is 10.6 Å². The second kappa shape index (κ2) is 10.1. The number of hydrogen-bond donors (Lipinski definition) is 2. The molecule has 0 radical (unpaired) electrons. The molecule has 4 rings (SSSR count). The van der Waals surface area contributed by atoms with E-state index >= 15 is 0 Å². The molecule has 0 saturated carbocycles. The van der Waals surface area contributed by atoms with Crippen LogP contribution in [0, 0.1) is 12.7 Å². The predicted octanol–water partition coefficient (Wildman–Crippen LogP) is 3.21. The van der Waals surface area contributed by atoms with Crippen molar-refractivity contribution in [2.45, 2.75) is 20.0 Å². The second-order valence-electron chi connectivity index (χ2n) is 7.20. The van der Waals surface area contributed by atoms with Crippen molar-refractivity contribution in [1.29, 1.82) is 0 Å². The average Bonchev–Trinajstić information content (AvgIpc) is 3.45. The van der Waals surface area contributed by atoms with E-state index in [1.165, 1.54) is 35.6 Å². The van der Waals surface area contributed by atoms with Crippen molar-refractivity contribution < 1.29 is 14.0 Å². The zero-order chi connectivity index (χ0) is 23.2. The number of nitrogens with one attached hydrogen (secondary N) is 2. The van der Waals surface area contributed by atoms with Crippen molar-refractivity contribution in [3.8, 4) is 10.7 Å². The molecule has 3 aromatic heterocycles. The first kappa shape index (κ1) is 22.3. The highest BCUT2D eigenvalue weighted by atomic mass is 32.1. The molecule has 0 unspecified atom stereocenters. The summed E-state index contributed by atoms with van der Waals surface area (Å²) >= 11 is 1.28.